The lowest BCUT2D eigenvalue weighted by Crippen LogP contribution is -2.28. The summed E-state index contributed by atoms with van der Waals surface area (Å²) >= 11 is 0. The summed E-state index contributed by atoms with van der Waals surface area (Å²) in [4.78, 5) is 13.9. The first-order valence-corrected chi connectivity index (χ1v) is 6.18. The van der Waals surface area contributed by atoms with Crippen LogP contribution in [0.1, 0.15) is 24.2 Å². The second-order valence-corrected chi connectivity index (χ2v) is 5.20. The van der Waals surface area contributed by atoms with E-state index < -0.39 is 11.6 Å². The molecular weight excluding hydrogens is 236 g/mol. The lowest BCUT2D eigenvalue weighted by atomic mass is 10.0. The van der Waals surface area contributed by atoms with Gasteiger partial charge in [-0.2, -0.15) is 0 Å². The fourth-order valence-electron chi connectivity index (χ4n) is 2.38. The molecule has 18 heavy (non-hydrogen) atoms. The number of ketones is 1. The molecule has 98 valence electrons. The third kappa shape index (κ3) is 2.75. The number of benzene rings is 1. The Balaban J connectivity index is 2.06. The van der Waals surface area contributed by atoms with Gasteiger partial charge in [0.1, 0.15) is 11.6 Å². The van der Waals surface area contributed by atoms with Gasteiger partial charge in [-0.1, -0.05) is 13.8 Å². The minimum Gasteiger partial charge on any atom is -0.295 e. The van der Waals surface area contributed by atoms with Crippen molar-refractivity contribution in [2.75, 3.05) is 19.6 Å². The third-order valence-corrected chi connectivity index (χ3v) is 3.66. The summed E-state index contributed by atoms with van der Waals surface area (Å²) < 4.78 is 26.5. The molecule has 2 atom stereocenters. The van der Waals surface area contributed by atoms with Crippen molar-refractivity contribution in [2.45, 2.75) is 13.8 Å². The van der Waals surface area contributed by atoms with Gasteiger partial charge in [0.2, 0.25) is 0 Å². The van der Waals surface area contributed by atoms with E-state index >= 15 is 0 Å². The van der Waals surface area contributed by atoms with Crippen LogP contribution in [0, 0.1) is 23.5 Å². The molecule has 1 fully saturated rings. The highest BCUT2D eigenvalue weighted by atomic mass is 19.1. The van der Waals surface area contributed by atoms with Crippen molar-refractivity contribution < 1.29 is 13.6 Å². The number of halogens is 2. The minimum atomic E-state index is -0.651. The van der Waals surface area contributed by atoms with Crippen LogP contribution in [0.15, 0.2) is 18.2 Å². The summed E-state index contributed by atoms with van der Waals surface area (Å²) in [6.45, 7) is 6.11. The first-order chi connectivity index (χ1) is 8.47. The van der Waals surface area contributed by atoms with E-state index in [1.54, 1.807) is 0 Å². The van der Waals surface area contributed by atoms with Crippen LogP contribution in [0.3, 0.4) is 0 Å². The number of hydrogen-bond acceptors (Lipinski definition) is 2. The first kappa shape index (κ1) is 13.1. The van der Waals surface area contributed by atoms with Crippen LogP contribution in [0.25, 0.3) is 0 Å². The SMILES string of the molecule is CC1CN(CC(=O)c2cc(F)ccc2F)CC1C. The van der Waals surface area contributed by atoms with Crippen LogP contribution in [0.2, 0.25) is 0 Å². The second kappa shape index (κ2) is 5.14. The van der Waals surface area contributed by atoms with E-state index in [4.69, 9.17) is 0 Å². The highest BCUT2D eigenvalue weighted by Crippen LogP contribution is 2.22. The van der Waals surface area contributed by atoms with Gasteiger partial charge in [0.05, 0.1) is 12.1 Å². The van der Waals surface area contributed by atoms with Gasteiger partial charge in [-0.25, -0.2) is 8.78 Å². The highest BCUT2D eigenvalue weighted by molar-refractivity contribution is 5.97. The molecule has 1 aromatic rings. The predicted octanol–water partition coefficient (Wildman–Crippen LogP) is 2.74. The molecule has 1 saturated heterocycles. The molecule has 0 N–H and O–H groups in total. The Labute approximate surface area is 106 Å². The van der Waals surface area contributed by atoms with E-state index in [1.165, 1.54) is 0 Å². The van der Waals surface area contributed by atoms with Crippen LogP contribution >= 0.6 is 0 Å². The van der Waals surface area contributed by atoms with Gasteiger partial charge in [-0.3, -0.25) is 9.69 Å². The quantitative estimate of drug-likeness (QED) is 0.772. The van der Waals surface area contributed by atoms with Gasteiger partial charge < -0.3 is 0 Å². The lowest BCUT2D eigenvalue weighted by molar-refractivity contribution is 0.0938. The van der Waals surface area contributed by atoms with E-state index in [0.717, 1.165) is 31.3 Å². The topological polar surface area (TPSA) is 20.3 Å². The van der Waals surface area contributed by atoms with Crippen molar-refractivity contribution >= 4 is 5.78 Å². The summed E-state index contributed by atoms with van der Waals surface area (Å²) in [7, 11) is 0. The molecule has 2 rings (SSSR count). The van der Waals surface area contributed by atoms with Crippen molar-refractivity contribution in [1.82, 2.24) is 4.90 Å². The number of Topliss-reactive ketones (excluding diaryl/α,β-unsaturated/α-hetero) is 1. The Kier molecular flexibility index (Phi) is 3.76. The molecule has 4 heteroatoms. The number of nitrogens with zero attached hydrogens (tertiary/aromatic N) is 1. The molecule has 0 spiro atoms. The van der Waals surface area contributed by atoms with Crippen LogP contribution in [0.4, 0.5) is 8.78 Å². The number of carbonyl (C=O) groups excluding carboxylic acids is 1. The number of hydrogen-bond donors (Lipinski definition) is 0. The molecule has 1 aromatic carbocycles. The Bertz CT molecular complexity index is 451. The number of carbonyl (C=O) groups is 1. The summed E-state index contributed by atoms with van der Waals surface area (Å²) in [5.74, 6) is -0.511. The lowest BCUT2D eigenvalue weighted by Gasteiger charge is -2.14. The summed E-state index contributed by atoms with van der Waals surface area (Å²) in [6.07, 6.45) is 0. The molecule has 0 aromatic heterocycles. The van der Waals surface area contributed by atoms with Gasteiger partial charge in [0.15, 0.2) is 5.78 Å². The summed E-state index contributed by atoms with van der Waals surface area (Å²) in [5.41, 5.74) is -0.151. The van der Waals surface area contributed by atoms with E-state index in [-0.39, 0.29) is 17.9 Å². The monoisotopic (exact) mass is 253 g/mol. The zero-order valence-corrected chi connectivity index (χ0v) is 10.6. The minimum absolute atomic E-state index is 0.151. The molecule has 2 nitrogen and oxygen atoms in total. The van der Waals surface area contributed by atoms with E-state index in [0.29, 0.717) is 11.8 Å². The molecular formula is C14H17F2NO. The zero-order valence-electron chi connectivity index (χ0n) is 10.6. The normalized spacial score (nSPS) is 24.4. The van der Waals surface area contributed by atoms with Gasteiger partial charge >= 0.3 is 0 Å². The van der Waals surface area contributed by atoms with Gasteiger partial charge in [-0.05, 0) is 30.0 Å². The van der Waals surface area contributed by atoms with Crippen molar-refractivity contribution in [2.24, 2.45) is 11.8 Å². The molecule has 0 saturated carbocycles. The fourth-order valence-corrected chi connectivity index (χ4v) is 2.38. The number of rotatable bonds is 3. The van der Waals surface area contributed by atoms with Crippen molar-refractivity contribution in [3.8, 4) is 0 Å². The Morgan fingerprint density at radius 1 is 1.28 bits per heavy atom. The maximum Gasteiger partial charge on any atom is 0.179 e. The summed E-state index contributed by atoms with van der Waals surface area (Å²) in [5, 5.41) is 0. The molecule has 0 radical (unpaired) electrons. The first-order valence-electron chi connectivity index (χ1n) is 6.18. The van der Waals surface area contributed by atoms with Gasteiger partial charge in [0, 0.05) is 13.1 Å². The van der Waals surface area contributed by atoms with E-state index in [1.807, 2.05) is 4.90 Å². The Morgan fingerprint density at radius 3 is 2.50 bits per heavy atom. The van der Waals surface area contributed by atoms with Crippen LogP contribution in [0.5, 0.6) is 0 Å². The average molecular weight is 253 g/mol. The smallest absolute Gasteiger partial charge is 0.179 e. The Morgan fingerprint density at radius 2 is 1.89 bits per heavy atom. The van der Waals surface area contributed by atoms with Gasteiger partial charge in [-0.15, -0.1) is 0 Å². The molecule has 0 bridgehead atoms. The Hall–Kier alpha value is -1.29. The molecule has 1 aliphatic rings. The summed E-state index contributed by atoms with van der Waals surface area (Å²) in [6, 6.07) is 2.99. The highest BCUT2D eigenvalue weighted by Gasteiger charge is 2.28. The molecule has 0 aliphatic carbocycles. The fraction of sp³-hybridized carbons (Fsp3) is 0.500. The maximum atomic E-state index is 13.4. The van der Waals surface area contributed by atoms with Gasteiger partial charge in [0.25, 0.3) is 0 Å². The average Bonchev–Trinajstić information content (AvgIpc) is 2.61. The number of likely N-dealkylation sites (tertiary alicyclic amines) is 1. The van der Waals surface area contributed by atoms with E-state index in [2.05, 4.69) is 13.8 Å². The van der Waals surface area contributed by atoms with Crippen LogP contribution in [-0.2, 0) is 0 Å². The maximum absolute atomic E-state index is 13.4. The standard InChI is InChI=1S/C14H17F2NO/c1-9-6-17(7-10(9)2)8-14(18)12-5-11(15)3-4-13(12)16/h3-5,9-10H,6-8H2,1-2H3. The molecule has 1 aliphatic heterocycles. The van der Waals surface area contributed by atoms with Crippen molar-refractivity contribution in [3.63, 3.8) is 0 Å². The van der Waals surface area contributed by atoms with Crippen LogP contribution < -0.4 is 0 Å². The molecule has 1 heterocycles. The molecule has 2 unspecified atom stereocenters. The largest absolute Gasteiger partial charge is 0.295 e. The third-order valence-electron chi connectivity index (χ3n) is 3.66. The second-order valence-electron chi connectivity index (χ2n) is 5.20. The van der Waals surface area contributed by atoms with Crippen LogP contribution in [-0.4, -0.2) is 30.3 Å². The van der Waals surface area contributed by atoms with Crippen molar-refractivity contribution in [1.29, 1.82) is 0 Å². The predicted molar refractivity (Wildman–Crippen MR) is 65.5 cm³/mol. The zero-order chi connectivity index (χ0) is 13.3. The van der Waals surface area contributed by atoms with E-state index in [9.17, 15) is 13.6 Å². The molecule has 0 amide bonds. The van der Waals surface area contributed by atoms with Crippen molar-refractivity contribution in [3.05, 3.63) is 35.4 Å².